The second kappa shape index (κ2) is 14.4. The first-order valence-electron chi connectivity index (χ1n) is 16.6. The van der Waals surface area contributed by atoms with Crippen LogP contribution >= 0.6 is 34.3 Å². The number of fused-ring (bicyclic) bond motifs is 1. The van der Waals surface area contributed by atoms with E-state index in [1.165, 1.54) is 40.9 Å². The van der Waals surface area contributed by atoms with E-state index < -0.39 is 29.2 Å². The van der Waals surface area contributed by atoms with Gasteiger partial charge in [-0.3, -0.25) is 19.6 Å². The fraction of sp³-hybridized carbons (Fsp3) is 0.333. The van der Waals surface area contributed by atoms with Gasteiger partial charge in [-0.1, -0.05) is 41.9 Å². The first-order valence-corrected chi connectivity index (χ1v) is 18.8. The van der Waals surface area contributed by atoms with Crippen LogP contribution in [0.2, 0.25) is 5.02 Å². The minimum absolute atomic E-state index is 0.115. The number of amides is 2. The molecule has 2 N–H and O–H groups in total. The van der Waals surface area contributed by atoms with Crippen molar-refractivity contribution in [1.29, 1.82) is 0 Å². The van der Waals surface area contributed by atoms with Crippen LogP contribution in [0.3, 0.4) is 0 Å². The Hall–Kier alpha value is -4.70. The molecule has 5 heterocycles. The van der Waals surface area contributed by atoms with Gasteiger partial charge in [0.05, 0.1) is 35.9 Å². The number of nitrogens with one attached hydrogen (secondary N) is 1. The summed E-state index contributed by atoms with van der Waals surface area (Å²) in [5, 5.41) is 18.0. The molecule has 2 aromatic heterocycles. The summed E-state index contributed by atoms with van der Waals surface area (Å²) >= 11 is 9.31. The van der Waals surface area contributed by atoms with E-state index in [1.54, 1.807) is 44.0 Å². The van der Waals surface area contributed by atoms with E-state index in [9.17, 15) is 23.9 Å². The fourth-order valence-corrected chi connectivity index (χ4v) is 8.26. The number of thiazole rings is 2. The van der Waals surface area contributed by atoms with Crippen LogP contribution in [0.15, 0.2) is 75.7 Å². The Labute approximate surface area is 312 Å². The van der Waals surface area contributed by atoms with Crippen molar-refractivity contribution in [1.82, 2.24) is 25.1 Å². The zero-order chi connectivity index (χ0) is 36.7. The van der Waals surface area contributed by atoms with E-state index in [1.807, 2.05) is 27.8 Å². The van der Waals surface area contributed by atoms with Crippen molar-refractivity contribution < 1.29 is 28.6 Å². The van der Waals surface area contributed by atoms with Gasteiger partial charge >= 0.3 is 18.0 Å². The van der Waals surface area contributed by atoms with Gasteiger partial charge in [-0.2, -0.15) is 0 Å². The summed E-state index contributed by atoms with van der Waals surface area (Å²) in [5.41, 5.74) is 2.50. The van der Waals surface area contributed by atoms with Crippen molar-refractivity contribution in [2.75, 3.05) is 44.2 Å². The molecule has 2 amide bonds. The predicted octanol–water partition coefficient (Wildman–Crippen LogP) is 5.96. The summed E-state index contributed by atoms with van der Waals surface area (Å²) in [6.07, 6.45) is 1.67. The molecule has 16 heteroatoms. The highest BCUT2D eigenvalue weighted by Crippen LogP contribution is 2.38. The van der Waals surface area contributed by atoms with Crippen LogP contribution in [-0.4, -0.2) is 94.1 Å². The molecule has 0 bridgehead atoms. The molecule has 0 spiro atoms. The molecule has 270 valence electrons. The first-order chi connectivity index (χ1) is 24.9. The maximum atomic E-state index is 14.1. The van der Waals surface area contributed by atoms with Gasteiger partial charge in [-0.15, -0.1) is 22.7 Å². The number of carboxylic acids is 1. The summed E-state index contributed by atoms with van der Waals surface area (Å²) in [5.74, 6) is -1.50. The molecule has 2 fully saturated rings. The molecule has 2 saturated heterocycles. The molecule has 0 saturated carbocycles. The van der Waals surface area contributed by atoms with Gasteiger partial charge in [0.25, 0.3) is 0 Å². The van der Waals surface area contributed by atoms with E-state index >= 15 is 0 Å². The summed E-state index contributed by atoms with van der Waals surface area (Å²) < 4.78 is 19.6. The molecule has 0 radical (unpaired) electrons. The predicted molar refractivity (Wildman–Crippen MR) is 197 cm³/mol. The number of carbonyl (C=O) groups excluding carboxylic acids is 2. The Balaban J connectivity index is 1.12. The Bertz CT molecular complexity index is 2090. The lowest BCUT2D eigenvalue weighted by atomic mass is 9.84. The van der Waals surface area contributed by atoms with Gasteiger partial charge in [0.15, 0.2) is 16.0 Å². The monoisotopic (exact) mass is 763 g/mol. The molecule has 0 aliphatic carbocycles. The highest BCUT2D eigenvalue weighted by molar-refractivity contribution is 7.14. The molecule has 2 aromatic carbocycles. The number of aromatic nitrogens is 2. The van der Waals surface area contributed by atoms with Crippen molar-refractivity contribution in [2.24, 2.45) is 4.99 Å². The largest absolute Gasteiger partial charge is 0.481 e. The summed E-state index contributed by atoms with van der Waals surface area (Å²) in [6, 6.07) is 10.2. The van der Waals surface area contributed by atoms with E-state index in [-0.39, 0.29) is 29.3 Å². The molecule has 4 aromatic rings. The van der Waals surface area contributed by atoms with Crippen LogP contribution < -0.4 is 10.2 Å². The molecular weight excluding hydrogens is 729 g/mol. The second-order valence-corrected chi connectivity index (χ2v) is 15.3. The number of esters is 1. The van der Waals surface area contributed by atoms with Crippen LogP contribution in [0.1, 0.15) is 42.9 Å². The molecular formula is C36H35ClFN7O5S2. The fourth-order valence-electron chi connectivity index (χ4n) is 6.57. The number of carbonyl (C=O) groups is 3. The van der Waals surface area contributed by atoms with E-state index in [0.29, 0.717) is 71.2 Å². The first kappa shape index (κ1) is 35.7. The lowest BCUT2D eigenvalue weighted by Gasteiger charge is -2.38. The number of aliphatic carboxylic acids is 1. The molecule has 12 nitrogen and oxygen atoms in total. The van der Waals surface area contributed by atoms with Gasteiger partial charge in [-0.25, -0.2) is 23.9 Å². The summed E-state index contributed by atoms with van der Waals surface area (Å²) in [6.45, 7) is 7.51. The number of hydrogen-bond acceptors (Lipinski definition) is 11. The maximum absolute atomic E-state index is 14.1. The number of halogens is 2. The maximum Gasteiger partial charge on any atom is 0.338 e. The van der Waals surface area contributed by atoms with Gasteiger partial charge in [0, 0.05) is 65.0 Å². The average molecular weight is 764 g/mol. The standard InChI is InChI=1S/C36H35ClFN7O5S2/c1-4-50-32(46)28-26(40-30(31-39-11-14-51-31)42-29(28)24-10-9-22(38)15-25(24)37)18-43-12-13-44-23(16-43)17-45(35(44)49)34-41-27(19-52-34)20-5-7-21(8-6-20)36(2,3)33(47)48/h5-11,14-15,19,23,29H,4,12-13,16-18H2,1-3H3,(H,40,42)(H,47,48)/t23-,29?/m0/s1. The lowest BCUT2D eigenvalue weighted by Crippen LogP contribution is -2.53. The smallest absolute Gasteiger partial charge is 0.338 e. The molecule has 7 rings (SSSR count). The summed E-state index contributed by atoms with van der Waals surface area (Å²) in [7, 11) is 0. The Morgan fingerprint density at radius 3 is 2.62 bits per heavy atom. The van der Waals surface area contributed by atoms with Crippen molar-refractivity contribution in [3.63, 3.8) is 0 Å². The summed E-state index contributed by atoms with van der Waals surface area (Å²) in [4.78, 5) is 58.7. The van der Waals surface area contributed by atoms with Crippen molar-refractivity contribution in [3.05, 3.63) is 97.7 Å². The number of anilines is 1. The highest BCUT2D eigenvalue weighted by Gasteiger charge is 2.43. The number of ether oxygens (including phenoxy) is 1. The number of hydrogen-bond donors (Lipinski definition) is 2. The van der Waals surface area contributed by atoms with Crippen molar-refractivity contribution >= 4 is 63.2 Å². The SMILES string of the molecule is CCOC(=O)C1=C(CN2CCN3C(=O)N(c4nc(-c5ccc(C(C)(C)C(=O)O)cc5)cs4)C[C@@H]3C2)NC(c2nccs2)=NC1c1ccc(F)cc1Cl. The van der Waals surface area contributed by atoms with Gasteiger partial charge in [0.1, 0.15) is 11.9 Å². The van der Waals surface area contributed by atoms with Gasteiger partial charge in [0.2, 0.25) is 0 Å². The number of urea groups is 1. The van der Waals surface area contributed by atoms with Crippen molar-refractivity contribution in [2.45, 2.75) is 38.3 Å². The average Bonchev–Trinajstić information content (AvgIpc) is 3.89. The third-order valence-corrected chi connectivity index (χ3v) is 11.5. The number of amidine groups is 1. The normalized spacial score (nSPS) is 19.4. The Kier molecular flexibility index (Phi) is 9.87. The Morgan fingerprint density at radius 1 is 1.13 bits per heavy atom. The number of aliphatic imine (C=N–C) groups is 1. The minimum atomic E-state index is -1.02. The topological polar surface area (TPSA) is 141 Å². The van der Waals surface area contributed by atoms with Crippen LogP contribution in [0.5, 0.6) is 0 Å². The van der Waals surface area contributed by atoms with Crippen molar-refractivity contribution in [3.8, 4) is 11.3 Å². The van der Waals surface area contributed by atoms with Crippen LogP contribution in [0, 0.1) is 5.82 Å². The molecule has 3 aliphatic rings. The zero-order valence-electron chi connectivity index (χ0n) is 28.5. The molecule has 52 heavy (non-hydrogen) atoms. The van der Waals surface area contributed by atoms with Crippen LogP contribution in [-0.2, 0) is 19.7 Å². The number of benzene rings is 2. The van der Waals surface area contributed by atoms with E-state index in [2.05, 4.69) is 15.2 Å². The lowest BCUT2D eigenvalue weighted by molar-refractivity contribution is -0.142. The van der Waals surface area contributed by atoms with Crippen LogP contribution in [0.4, 0.5) is 14.3 Å². The van der Waals surface area contributed by atoms with Gasteiger partial charge < -0.3 is 20.1 Å². The molecule has 1 unspecified atom stereocenters. The number of piperazine rings is 1. The third-order valence-electron chi connectivity index (χ3n) is 9.49. The molecule has 3 aliphatic heterocycles. The van der Waals surface area contributed by atoms with Gasteiger partial charge in [-0.05, 0) is 38.5 Å². The zero-order valence-corrected chi connectivity index (χ0v) is 30.9. The van der Waals surface area contributed by atoms with E-state index in [0.717, 1.165) is 5.56 Å². The number of carboxylic acid groups (broad SMARTS) is 1. The highest BCUT2D eigenvalue weighted by atomic mass is 35.5. The third kappa shape index (κ3) is 6.80. The Morgan fingerprint density at radius 2 is 1.92 bits per heavy atom. The second-order valence-electron chi connectivity index (χ2n) is 13.1. The molecule has 2 atom stereocenters. The van der Waals surface area contributed by atoms with E-state index in [4.69, 9.17) is 26.3 Å². The van der Waals surface area contributed by atoms with Crippen LogP contribution in [0.25, 0.3) is 11.3 Å². The quantitative estimate of drug-likeness (QED) is 0.188. The minimum Gasteiger partial charge on any atom is -0.481 e. The number of rotatable bonds is 10. The number of nitrogens with zero attached hydrogens (tertiary/aromatic N) is 6.